The molecule has 0 amide bonds. The summed E-state index contributed by atoms with van der Waals surface area (Å²) in [5.74, 6) is -0.290. The molecule has 0 aromatic heterocycles. The van der Waals surface area contributed by atoms with Gasteiger partial charge in [0, 0.05) is 24.3 Å². The van der Waals surface area contributed by atoms with Crippen molar-refractivity contribution in [3.05, 3.63) is 33.9 Å². The maximum absolute atomic E-state index is 12.4. The van der Waals surface area contributed by atoms with Gasteiger partial charge in [0.1, 0.15) is 6.10 Å². The van der Waals surface area contributed by atoms with Gasteiger partial charge in [0.15, 0.2) is 11.7 Å². The molecule has 2 fully saturated rings. The molecule has 5 nitrogen and oxygen atoms in total. The normalized spacial score (nSPS) is 34.6. The van der Waals surface area contributed by atoms with Gasteiger partial charge >= 0.3 is 12.1 Å². The summed E-state index contributed by atoms with van der Waals surface area (Å²) in [7, 11) is 0. The van der Waals surface area contributed by atoms with Crippen molar-refractivity contribution in [2.75, 3.05) is 0 Å². The van der Waals surface area contributed by atoms with E-state index in [0.29, 0.717) is 6.42 Å². The lowest BCUT2D eigenvalue weighted by atomic mass is 9.55. The Morgan fingerprint density at radius 1 is 1.22 bits per heavy atom. The number of carbonyl (C=O) groups is 2. The standard InChI is InChI=1S/C22H28O5/c1-12-9-10-22-19(26-20(24)27-22)18-13(2)7-6-8-15(18)17(25-14(3)23)11-16(12)21(22,4)5/h8,17,19H,6-7,9-11H2,1-5H3/t17-,19+,22+/m0/s1. The predicted molar refractivity (Wildman–Crippen MR) is 100.0 cm³/mol. The molecule has 1 aliphatic heterocycles. The molecular weight excluding hydrogens is 344 g/mol. The lowest BCUT2D eigenvalue weighted by molar-refractivity contribution is -0.145. The Bertz CT molecular complexity index is 813. The summed E-state index contributed by atoms with van der Waals surface area (Å²) >= 11 is 0. The molecule has 4 aliphatic rings. The Labute approximate surface area is 160 Å². The minimum atomic E-state index is -0.715. The number of rotatable bonds is 1. The second kappa shape index (κ2) is 5.98. The second-order valence-electron chi connectivity index (χ2n) is 8.82. The smallest absolute Gasteiger partial charge is 0.457 e. The number of hydrogen-bond donors (Lipinski definition) is 0. The molecule has 0 aromatic carbocycles. The summed E-state index contributed by atoms with van der Waals surface area (Å²) in [6.07, 6.45) is 4.78. The van der Waals surface area contributed by atoms with Gasteiger partial charge in [-0.05, 0) is 45.1 Å². The first-order valence-electron chi connectivity index (χ1n) is 9.83. The van der Waals surface area contributed by atoms with Crippen molar-refractivity contribution in [2.24, 2.45) is 5.41 Å². The summed E-state index contributed by atoms with van der Waals surface area (Å²) in [5.41, 5.74) is 4.58. The predicted octanol–water partition coefficient (Wildman–Crippen LogP) is 4.77. The number of allylic oxidation sites excluding steroid dienone is 3. The van der Waals surface area contributed by atoms with Crippen molar-refractivity contribution in [3.63, 3.8) is 0 Å². The van der Waals surface area contributed by atoms with Gasteiger partial charge in [-0.25, -0.2) is 4.79 Å². The summed E-state index contributed by atoms with van der Waals surface area (Å²) in [4.78, 5) is 24.2. The van der Waals surface area contributed by atoms with E-state index < -0.39 is 23.3 Å². The van der Waals surface area contributed by atoms with E-state index in [2.05, 4.69) is 33.8 Å². The number of carbonyl (C=O) groups excluding carboxylic acids is 2. The molecule has 2 bridgehead atoms. The van der Waals surface area contributed by atoms with Crippen LogP contribution in [0.5, 0.6) is 0 Å². The second-order valence-corrected chi connectivity index (χ2v) is 8.82. The Hall–Kier alpha value is -2.04. The molecule has 4 rings (SSSR count). The molecule has 146 valence electrons. The zero-order valence-corrected chi connectivity index (χ0v) is 16.8. The van der Waals surface area contributed by atoms with Gasteiger partial charge in [0.2, 0.25) is 0 Å². The monoisotopic (exact) mass is 372 g/mol. The molecule has 3 aliphatic carbocycles. The highest BCUT2D eigenvalue weighted by molar-refractivity contribution is 5.69. The van der Waals surface area contributed by atoms with E-state index in [9.17, 15) is 9.59 Å². The fraction of sp³-hybridized carbons (Fsp3) is 0.636. The van der Waals surface area contributed by atoms with Crippen LogP contribution in [0, 0.1) is 5.41 Å². The quantitative estimate of drug-likeness (QED) is 0.490. The van der Waals surface area contributed by atoms with E-state index in [1.165, 1.54) is 23.6 Å². The van der Waals surface area contributed by atoms with Crippen molar-refractivity contribution >= 4 is 12.1 Å². The van der Waals surface area contributed by atoms with Crippen LogP contribution in [-0.4, -0.2) is 29.9 Å². The van der Waals surface area contributed by atoms with E-state index >= 15 is 0 Å². The Morgan fingerprint density at radius 3 is 2.67 bits per heavy atom. The third-order valence-corrected chi connectivity index (χ3v) is 7.06. The van der Waals surface area contributed by atoms with Gasteiger partial charge < -0.3 is 14.2 Å². The zero-order chi connectivity index (χ0) is 19.6. The number of hydrogen-bond acceptors (Lipinski definition) is 5. The van der Waals surface area contributed by atoms with E-state index in [-0.39, 0.29) is 12.1 Å². The first kappa shape index (κ1) is 18.3. The van der Waals surface area contributed by atoms with Gasteiger partial charge in [-0.15, -0.1) is 0 Å². The van der Waals surface area contributed by atoms with Gasteiger partial charge in [0.05, 0.1) is 0 Å². The van der Waals surface area contributed by atoms with E-state index in [1.807, 2.05) is 0 Å². The van der Waals surface area contributed by atoms with Crippen molar-refractivity contribution < 1.29 is 23.8 Å². The van der Waals surface area contributed by atoms with Gasteiger partial charge in [-0.1, -0.05) is 36.6 Å². The molecule has 1 heterocycles. The van der Waals surface area contributed by atoms with Crippen LogP contribution >= 0.6 is 0 Å². The summed E-state index contributed by atoms with van der Waals surface area (Å²) < 4.78 is 17.6. The Balaban J connectivity index is 1.97. The SMILES string of the molecule is CC(=O)O[C@H]1CC2=C(C)CC[C@]3(OC(=O)O[C@@H]3C3=C(C)CCC=C31)C2(C)C. The fourth-order valence-corrected chi connectivity index (χ4v) is 5.62. The molecule has 0 N–H and O–H groups in total. The average Bonchev–Trinajstić information content (AvgIpc) is 2.91. The molecule has 0 aromatic rings. The molecule has 1 spiro atoms. The largest absolute Gasteiger partial charge is 0.509 e. The molecule has 1 saturated carbocycles. The van der Waals surface area contributed by atoms with E-state index in [0.717, 1.165) is 36.8 Å². The van der Waals surface area contributed by atoms with E-state index in [1.54, 1.807) is 0 Å². The molecule has 0 unspecified atom stereocenters. The summed E-state index contributed by atoms with van der Waals surface area (Å²) in [5, 5.41) is 0. The van der Waals surface area contributed by atoms with Crippen LogP contribution in [0.2, 0.25) is 0 Å². The summed E-state index contributed by atoms with van der Waals surface area (Å²) in [6, 6.07) is 0. The third-order valence-electron chi connectivity index (χ3n) is 7.06. The average molecular weight is 372 g/mol. The highest BCUT2D eigenvalue weighted by Crippen LogP contribution is 2.60. The van der Waals surface area contributed by atoms with Gasteiger partial charge in [-0.2, -0.15) is 0 Å². The fourth-order valence-electron chi connectivity index (χ4n) is 5.62. The number of ether oxygens (including phenoxy) is 3. The molecule has 1 saturated heterocycles. The van der Waals surface area contributed by atoms with Crippen molar-refractivity contribution in [2.45, 2.75) is 84.5 Å². The minimum Gasteiger partial charge on any atom is -0.457 e. The molecule has 5 heteroatoms. The first-order chi connectivity index (χ1) is 12.7. The van der Waals surface area contributed by atoms with Crippen LogP contribution in [0.4, 0.5) is 4.79 Å². The minimum absolute atomic E-state index is 0.290. The van der Waals surface area contributed by atoms with Crippen LogP contribution in [0.15, 0.2) is 33.9 Å². The number of fused-ring (bicyclic) bond motifs is 3. The number of esters is 1. The highest BCUT2D eigenvalue weighted by Gasteiger charge is 2.65. The molecule has 3 atom stereocenters. The maximum atomic E-state index is 12.4. The van der Waals surface area contributed by atoms with Gasteiger partial charge in [-0.3, -0.25) is 4.79 Å². The van der Waals surface area contributed by atoms with Crippen LogP contribution in [0.25, 0.3) is 0 Å². The van der Waals surface area contributed by atoms with Crippen LogP contribution in [-0.2, 0) is 19.0 Å². The van der Waals surface area contributed by atoms with Crippen LogP contribution < -0.4 is 0 Å². The van der Waals surface area contributed by atoms with Crippen LogP contribution in [0.1, 0.15) is 66.7 Å². The Kier molecular flexibility index (Phi) is 4.06. The first-order valence-corrected chi connectivity index (χ1v) is 9.83. The topological polar surface area (TPSA) is 61.8 Å². The maximum Gasteiger partial charge on any atom is 0.509 e. The van der Waals surface area contributed by atoms with Crippen molar-refractivity contribution in [1.29, 1.82) is 0 Å². The lowest BCUT2D eigenvalue weighted by Gasteiger charge is -2.52. The molecule has 27 heavy (non-hydrogen) atoms. The summed E-state index contributed by atoms with van der Waals surface area (Å²) in [6.45, 7) is 9.96. The lowest BCUT2D eigenvalue weighted by Crippen LogP contribution is -2.58. The van der Waals surface area contributed by atoms with Crippen molar-refractivity contribution in [1.82, 2.24) is 0 Å². The van der Waals surface area contributed by atoms with Crippen LogP contribution in [0.3, 0.4) is 0 Å². The zero-order valence-electron chi connectivity index (χ0n) is 16.8. The molecular formula is C22H28O5. The van der Waals surface area contributed by atoms with Gasteiger partial charge in [0.25, 0.3) is 0 Å². The molecule has 0 radical (unpaired) electrons. The highest BCUT2D eigenvalue weighted by atomic mass is 16.8. The van der Waals surface area contributed by atoms with Crippen molar-refractivity contribution in [3.8, 4) is 0 Å². The Morgan fingerprint density at radius 2 is 1.96 bits per heavy atom. The third kappa shape index (κ3) is 2.50. The van der Waals surface area contributed by atoms with E-state index in [4.69, 9.17) is 14.2 Å².